The van der Waals surface area contributed by atoms with Crippen LogP contribution >= 0.6 is 0 Å². The molecule has 6 heteroatoms. The minimum absolute atomic E-state index is 0.0277. The Morgan fingerprint density at radius 1 is 1.44 bits per heavy atom. The van der Waals surface area contributed by atoms with Crippen molar-refractivity contribution >= 4 is 0 Å². The molecule has 0 aromatic carbocycles. The minimum atomic E-state index is -4.26. The summed E-state index contributed by atoms with van der Waals surface area (Å²) in [6.07, 6.45) is -3.89. The van der Waals surface area contributed by atoms with Crippen LogP contribution in [0.3, 0.4) is 0 Å². The zero-order chi connectivity index (χ0) is 12.3. The fourth-order valence-electron chi connectivity index (χ4n) is 1.37. The molecule has 0 aliphatic carbocycles. The van der Waals surface area contributed by atoms with Crippen molar-refractivity contribution in [3.8, 4) is 0 Å². The summed E-state index contributed by atoms with van der Waals surface area (Å²) in [6.45, 7) is 3.58. The number of nitrogens with zero attached hydrogens (tertiary/aromatic N) is 2. The molecule has 0 saturated carbocycles. The quantitative estimate of drug-likeness (QED) is 0.869. The van der Waals surface area contributed by atoms with Gasteiger partial charge in [0.1, 0.15) is 12.2 Å². The van der Waals surface area contributed by atoms with Crippen LogP contribution in [0.4, 0.5) is 13.2 Å². The van der Waals surface area contributed by atoms with Gasteiger partial charge in [0.25, 0.3) is 0 Å². The van der Waals surface area contributed by atoms with Crippen molar-refractivity contribution in [1.29, 1.82) is 0 Å². The van der Waals surface area contributed by atoms with E-state index >= 15 is 0 Å². The van der Waals surface area contributed by atoms with Crippen LogP contribution in [0.2, 0.25) is 0 Å². The van der Waals surface area contributed by atoms with Gasteiger partial charge in [-0.1, -0.05) is 0 Å². The number of aryl methyl sites for hydroxylation is 1. The highest BCUT2D eigenvalue weighted by molar-refractivity contribution is 5.19. The number of hydrogen-bond acceptors (Lipinski definition) is 3. The van der Waals surface area contributed by atoms with Gasteiger partial charge >= 0.3 is 6.18 Å². The fraction of sp³-hybridized carbons (Fsp3) is 0.600. The van der Waals surface area contributed by atoms with E-state index < -0.39 is 12.6 Å². The Kier molecular flexibility index (Phi) is 3.85. The van der Waals surface area contributed by atoms with E-state index in [2.05, 4.69) is 15.3 Å². The molecule has 0 bridgehead atoms. The lowest BCUT2D eigenvalue weighted by Crippen LogP contribution is -2.18. The fourth-order valence-corrected chi connectivity index (χ4v) is 1.37. The monoisotopic (exact) mass is 233 g/mol. The summed E-state index contributed by atoms with van der Waals surface area (Å²) in [5, 5.41) is 2.99. The predicted molar refractivity (Wildman–Crippen MR) is 54.0 cm³/mol. The van der Waals surface area contributed by atoms with E-state index in [0.717, 1.165) is 5.56 Å². The Morgan fingerprint density at radius 3 is 2.50 bits per heavy atom. The molecular formula is C10H14F3N3. The van der Waals surface area contributed by atoms with E-state index in [1.807, 2.05) is 6.92 Å². The molecule has 1 heterocycles. The van der Waals surface area contributed by atoms with Crippen LogP contribution < -0.4 is 5.32 Å². The summed E-state index contributed by atoms with van der Waals surface area (Å²) >= 11 is 0. The third-order valence-electron chi connectivity index (χ3n) is 2.33. The van der Waals surface area contributed by atoms with E-state index in [1.54, 1.807) is 14.0 Å². The molecule has 1 unspecified atom stereocenters. The Hall–Kier alpha value is -1.17. The Balaban J connectivity index is 2.91. The number of alkyl halides is 3. The van der Waals surface area contributed by atoms with E-state index in [-0.39, 0.29) is 11.9 Å². The van der Waals surface area contributed by atoms with Crippen molar-refractivity contribution in [2.75, 3.05) is 7.05 Å². The van der Waals surface area contributed by atoms with Crippen molar-refractivity contribution in [3.63, 3.8) is 0 Å². The molecule has 1 aromatic heterocycles. The average molecular weight is 233 g/mol. The zero-order valence-corrected chi connectivity index (χ0v) is 9.39. The maximum absolute atomic E-state index is 12.1. The number of nitrogens with one attached hydrogen (secondary N) is 1. The molecule has 1 aromatic rings. The highest BCUT2D eigenvalue weighted by Gasteiger charge is 2.29. The summed E-state index contributed by atoms with van der Waals surface area (Å²) in [4.78, 5) is 7.58. The minimum Gasteiger partial charge on any atom is -0.313 e. The molecule has 0 amide bonds. The first-order valence-corrected chi connectivity index (χ1v) is 4.90. The number of halogens is 3. The number of aromatic nitrogens is 2. The third kappa shape index (κ3) is 3.44. The first kappa shape index (κ1) is 12.9. The number of rotatable bonds is 3. The molecule has 0 aliphatic rings. The molecular weight excluding hydrogens is 219 g/mol. The van der Waals surface area contributed by atoms with Crippen LogP contribution in [-0.2, 0) is 6.42 Å². The maximum atomic E-state index is 12.1. The highest BCUT2D eigenvalue weighted by Crippen LogP contribution is 2.20. The second-order valence-corrected chi connectivity index (χ2v) is 3.63. The molecule has 1 rings (SSSR count). The summed E-state index contributed by atoms with van der Waals surface area (Å²) in [7, 11) is 1.77. The Bertz CT molecular complexity index is 363. The van der Waals surface area contributed by atoms with Crippen LogP contribution in [0, 0.1) is 6.92 Å². The zero-order valence-electron chi connectivity index (χ0n) is 9.39. The first-order chi connectivity index (χ1) is 7.33. The Labute approximate surface area is 92.1 Å². The lowest BCUT2D eigenvalue weighted by molar-refractivity contribution is -0.128. The van der Waals surface area contributed by atoms with Crippen molar-refractivity contribution in [1.82, 2.24) is 15.3 Å². The van der Waals surface area contributed by atoms with Gasteiger partial charge in [0.2, 0.25) is 0 Å². The topological polar surface area (TPSA) is 37.8 Å². The van der Waals surface area contributed by atoms with Crippen LogP contribution in [0.1, 0.15) is 30.0 Å². The molecule has 0 radical (unpaired) electrons. The van der Waals surface area contributed by atoms with E-state index in [9.17, 15) is 13.2 Å². The molecule has 16 heavy (non-hydrogen) atoms. The number of hydrogen-bond donors (Lipinski definition) is 1. The molecule has 1 N–H and O–H groups in total. The SMILES string of the molecule is CNC(C)c1cnc(CC(F)(F)F)nc1C. The lowest BCUT2D eigenvalue weighted by Gasteiger charge is -2.13. The molecule has 90 valence electrons. The molecule has 1 atom stereocenters. The Morgan fingerprint density at radius 2 is 2.06 bits per heavy atom. The van der Waals surface area contributed by atoms with Gasteiger partial charge in [0.05, 0.1) is 0 Å². The highest BCUT2D eigenvalue weighted by atomic mass is 19.4. The average Bonchev–Trinajstić information content (AvgIpc) is 2.14. The largest absolute Gasteiger partial charge is 0.396 e. The van der Waals surface area contributed by atoms with Crippen molar-refractivity contribution in [3.05, 3.63) is 23.3 Å². The second-order valence-electron chi connectivity index (χ2n) is 3.63. The van der Waals surface area contributed by atoms with Gasteiger partial charge in [0.15, 0.2) is 0 Å². The standard InChI is InChI=1S/C10H14F3N3/c1-6(14-3)8-5-15-9(16-7(8)2)4-10(11,12)13/h5-6,14H,4H2,1-3H3. The summed E-state index contributed by atoms with van der Waals surface area (Å²) in [5.41, 5.74) is 1.39. The van der Waals surface area contributed by atoms with Gasteiger partial charge < -0.3 is 5.32 Å². The van der Waals surface area contributed by atoms with Crippen LogP contribution in [0.5, 0.6) is 0 Å². The van der Waals surface area contributed by atoms with E-state index in [0.29, 0.717) is 5.69 Å². The van der Waals surface area contributed by atoms with Gasteiger partial charge in [-0.3, -0.25) is 0 Å². The normalized spacial score (nSPS) is 13.9. The smallest absolute Gasteiger partial charge is 0.313 e. The van der Waals surface area contributed by atoms with Gasteiger partial charge in [0, 0.05) is 23.5 Å². The summed E-state index contributed by atoms with van der Waals surface area (Å²) < 4.78 is 36.3. The second kappa shape index (κ2) is 4.78. The van der Waals surface area contributed by atoms with Gasteiger partial charge in [-0.25, -0.2) is 9.97 Å². The van der Waals surface area contributed by atoms with Gasteiger partial charge in [-0.15, -0.1) is 0 Å². The van der Waals surface area contributed by atoms with E-state index in [4.69, 9.17) is 0 Å². The van der Waals surface area contributed by atoms with Crippen molar-refractivity contribution in [2.24, 2.45) is 0 Å². The van der Waals surface area contributed by atoms with Crippen LogP contribution in [0.15, 0.2) is 6.20 Å². The van der Waals surface area contributed by atoms with Crippen molar-refractivity contribution < 1.29 is 13.2 Å². The molecule has 0 spiro atoms. The molecule has 3 nitrogen and oxygen atoms in total. The van der Waals surface area contributed by atoms with Gasteiger partial charge in [-0.05, 0) is 20.9 Å². The van der Waals surface area contributed by atoms with Crippen LogP contribution in [-0.4, -0.2) is 23.2 Å². The van der Waals surface area contributed by atoms with Crippen molar-refractivity contribution in [2.45, 2.75) is 32.5 Å². The van der Waals surface area contributed by atoms with Crippen LogP contribution in [0.25, 0.3) is 0 Å². The molecule has 0 aliphatic heterocycles. The van der Waals surface area contributed by atoms with Gasteiger partial charge in [-0.2, -0.15) is 13.2 Å². The third-order valence-corrected chi connectivity index (χ3v) is 2.33. The maximum Gasteiger partial charge on any atom is 0.396 e. The summed E-state index contributed by atoms with van der Waals surface area (Å²) in [5.74, 6) is -0.183. The molecule has 0 saturated heterocycles. The van der Waals surface area contributed by atoms with E-state index in [1.165, 1.54) is 6.20 Å². The lowest BCUT2D eigenvalue weighted by atomic mass is 10.1. The predicted octanol–water partition coefficient (Wildman–Crippen LogP) is 2.17. The first-order valence-electron chi connectivity index (χ1n) is 4.90. The molecule has 0 fully saturated rings. The summed E-state index contributed by atoms with van der Waals surface area (Å²) in [6, 6.07) is 0.0277.